The van der Waals surface area contributed by atoms with E-state index in [1.807, 2.05) is 6.92 Å². The summed E-state index contributed by atoms with van der Waals surface area (Å²) >= 11 is 0. The zero-order chi connectivity index (χ0) is 5.98. The fraction of sp³-hybridized carbons (Fsp3) is 0.500. The lowest BCUT2D eigenvalue weighted by Crippen LogP contribution is -1.78. The Hall–Kier alpha value is -0.790. The molecule has 2 heteroatoms. The largest absolute Gasteiger partial charge is 0.510 e. The zero-order valence-corrected chi connectivity index (χ0v) is 4.89. The number of nitrogens with zero attached hydrogens (tertiary/aromatic N) is 1. The number of hydrogen-bond donors (Lipinski definition) is 1. The second kappa shape index (κ2) is 1.99. The Morgan fingerprint density at radius 1 is 1.88 bits per heavy atom. The van der Waals surface area contributed by atoms with Gasteiger partial charge in [0.2, 0.25) is 0 Å². The van der Waals surface area contributed by atoms with E-state index in [4.69, 9.17) is 5.11 Å². The van der Waals surface area contributed by atoms with E-state index in [0.717, 1.165) is 12.1 Å². The number of rotatable bonds is 1. The third-order valence-electron chi connectivity index (χ3n) is 1.20. The van der Waals surface area contributed by atoms with Gasteiger partial charge in [-0.25, -0.2) is 0 Å². The molecule has 0 aromatic rings. The van der Waals surface area contributed by atoms with E-state index in [1.54, 1.807) is 6.21 Å². The first kappa shape index (κ1) is 5.35. The molecule has 0 radical (unpaired) electrons. The lowest BCUT2D eigenvalue weighted by Gasteiger charge is -1.90. The van der Waals surface area contributed by atoms with Crippen LogP contribution in [0.3, 0.4) is 0 Å². The Bertz CT molecular complexity index is 147. The summed E-state index contributed by atoms with van der Waals surface area (Å²) in [5.74, 6) is 0.438. The number of allylic oxidation sites excluding steroid dienone is 2. The minimum Gasteiger partial charge on any atom is -0.510 e. The summed E-state index contributed by atoms with van der Waals surface area (Å²) in [6.07, 6.45) is 3.19. The van der Waals surface area contributed by atoms with Gasteiger partial charge in [0.05, 0.1) is 5.70 Å². The van der Waals surface area contributed by atoms with Crippen molar-refractivity contribution in [1.29, 1.82) is 0 Å². The molecule has 1 N–H and O–H groups in total. The standard InChI is InChI=1S/C6H9NO/c1-2-5-6(8)3-4-7-5/h4,8H,2-3H2,1H3. The van der Waals surface area contributed by atoms with Crippen molar-refractivity contribution in [2.75, 3.05) is 0 Å². The number of aliphatic imine (C=N–C) groups is 1. The van der Waals surface area contributed by atoms with Gasteiger partial charge in [-0.05, 0) is 6.42 Å². The van der Waals surface area contributed by atoms with Gasteiger partial charge in [-0.15, -0.1) is 0 Å². The van der Waals surface area contributed by atoms with E-state index in [2.05, 4.69) is 4.99 Å². The number of aliphatic hydroxyl groups excluding tert-OH is 1. The van der Waals surface area contributed by atoms with E-state index < -0.39 is 0 Å². The van der Waals surface area contributed by atoms with Gasteiger partial charge in [-0.1, -0.05) is 6.92 Å². The van der Waals surface area contributed by atoms with Crippen LogP contribution < -0.4 is 0 Å². The van der Waals surface area contributed by atoms with Gasteiger partial charge in [0.15, 0.2) is 0 Å². The topological polar surface area (TPSA) is 32.6 Å². The van der Waals surface area contributed by atoms with Crippen molar-refractivity contribution in [3.63, 3.8) is 0 Å². The van der Waals surface area contributed by atoms with Gasteiger partial charge >= 0.3 is 0 Å². The van der Waals surface area contributed by atoms with Crippen LogP contribution in [-0.2, 0) is 0 Å². The molecular weight excluding hydrogens is 102 g/mol. The van der Waals surface area contributed by atoms with Crippen LogP contribution in [0.2, 0.25) is 0 Å². The van der Waals surface area contributed by atoms with Crippen molar-refractivity contribution >= 4 is 6.21 Å². The monoisotopic (exact) mass is 111 g/mol. The third-order valence-corrected chi connectivity index (χ3v) is 1.20. The Balaban J connectivity index is 2.70. The van der Waals surface area contributed by atoms with Crippen LogP contribution in [0.25, 0.3) is 0 Å². The van der Waals surface area contributed by atoms with Gasteiger partial charge in [0, 0.05) is 12.6 Å². The predicted octanol–water partition coefficient (Wildman–Crippen LogP) is 1.64. The van der Waals surface area contributed by atoms with E-state index in [9.17, 15) is 0 Å². The normalized spacial score (nSPS) is 18.1. The summed E-state index contributed by atoms with van der Waals surface area (Å²) < 4.78 is 0. The van der Waals surface area contributed by atoms with Gasteiger partial charge in [-0.2, -0.15) is 0 Å². The average Bonchev–Trinajstić information content (AvgIpc) is 2.14. The Morgan fingerprint density at radius 2 is 2.62 bits per heavy atom. The summed E-state index contributed by atoms with van der Waals surface area (Å²) in [5.41, 5.74) is 0.838. The van der Waals surface area contributed by atoms with Gasteiger partial charge in [0.1, 0.15) is 5.76 Å². The van der Waals surface area contributed by atoms with Crippen molar-refractivity contribution in [1.82, 2.24) is 0 Å². The van der Waals surface area contributed by atoms with Crippen molar-refractivity contribution < 1.29 is 5.11 Å². The van der Waals surface area contributed by atoms with Crippen LogP contribution in [0.4, 0.5) is 0 Å². The molecule has 1 rings (SSSR count). The van der Waals surface area contributed by atoms with Crippen LogP contribution in [-0.4, -0.2) is 11.3 Å². The molecule has 0 bridgehead atoms. The maximum absolute atomic E-state index is 8.94. The minimum atomic E-state index is 0.438. The number of hydrogen-bond acceptors (Lipinski definition) is 2. The highest BCUT2D eigenvalue weighted by molar-refractivity contribution is 5.65. The van der Waals surface area contributed by atoms with Crippen molar-refractivity contribution in [3.05, 3.63) is 11.5 Å². The molecule has 0 unspecified atom stereocenters. The summed E-state index contributed by atoms with van der Waals surface area (Å²) in [4.78, 5) is 3.94. The van der Waals surface area contributed by atoms with E-state index in [1.165, 1.54) is 0 Å². The smallest absolute Gasteiger partial charge is 0.119 e. The molecule has 44 valence electrons. The Kier molecular flexibility index (Phi) is 1.33. The quantitative estimate of drug-likeness (QED) is 0.548. The molecule has 1 aliphatic heterocycles. The molecule has 0 aromatic heterocycles. The van der Waals surface area contributed by atoms with Crippen LogP contribution in [0.5, 0.6) is 0 Å². The Labute approximate surface area is 48.6 Å². The molecule has 0 amide bonds. The highest BCUT2D eigenvalue weighted by atomic mass is 16.3. The molecule has 2 nitrogen and oxygen atoms in total. The van der Waals surface area contributed by atoms with E-state index >= 15 is 0 Å². The molecule has 0 saturated heterocycles. The highest BCUT2D eigenvalue weighted by Crippen LogP contribution is 2.14. The molecule has 1 aliphatic rings. The molecule has 0 fully saturated rings. The second-order valence-corrected chi connectivity index (χ2v) is 1.76. The fourth-order valence-corrected chi connectivity index (χ4v) is 0.730. The molecule has 0 aromatic carbocycles. The molecule has 0 saturated carbocycles. The van der Waals surface area contributed by atoms with Crippen molar-refractivity contribution in [3.8, 4) is 0 Å². The first-order chi connectivity index (χ1) is 3.84. The molecule has 8 heavy (non-hydrogen) atoms. The summed E-state index contributed by atoms with van der Waals surface area (Å²) in [6, 6.07) is 0. The van der Waals surface area contributed by atoms with Crippen molar-refractivity contribution in [2.24, 2.45) is 4.99 Å². The Morgan fingerprint density at radius 3 is 2.88 bits per heavy atom. The first-order valence-electron chi connectivity index (χ1n) is 2.78. The fourth-order valence-electron chi connectivity index (χ4n) is 0.730. The predicted molar refractivity (Wildman–Crippen MR) is 33.1 cm³/mol. The molecule has 1 heterocycles. The first-order valence-corrected chi connectivity index (χ1v) is 2.78. The lowest BCUT2D eigenvalue weighted by molar-refractivity contribution is 0.400. The lowest BCUT2D eigenvalue weighted by atomic mass is 10.3. The number of aliphatic hydroxyl groups is 1. The van der Waals surface area contributed by atoms with Crippen LogP contribution in [0, 0.1) is 0 Å². The maximum Gasteiger partial charge on any atom is 0.119 e. The molecule has 0 atom stereocenters. The van der Waals surface area contributed by atoms with Crippen LogP contribution >= 0.6 is 0 Å². The van der Waals surface area contributed by atoms with Crippen LogP contribution in [0.1, 0.15) is 19.8 Å². The highest BCUT2D eigenvalue weighted by Gasteiger charge is 2.04. The molecule has 0 aliphatic carbocycles. The zero-order valence-electron chi connectivity index (χ0n) is 4.89. The van der Waals surface area contributed by atoms with E-state index in [-0.39, 0.29) is 0 Å². The maximum atomic E-state index is 8.94. The third kappa shape index (κ3) is 0.735. The van der Waals surface area contributed by atoms with E-state index in [0.29, 0.717) is 12.2 Å². The summed E-state index contributed by atoms with van der Waals surface area (Å²) in [7, 11) is 0. The van der Waals surface area contributed by atoms with Crippen LogP contribution in [0.15, 0.2) is 16.4 Å². The SMILES string of the molecule is CCC1=C(O)CC=N1. The van der Waals surface area contributed by atoms with Gasteiger partial charge in [0.25, 0.3) is 0 Å². The summed E-state index contributed by atoms with van der Waals surface area (Å²) in [5, 5.41) is 8.94. The average molecular weight is 111 g/mol. The van der Waals surface area contributed by atoms with Gasteiger partial charge < -0.3 is 5.11 Å². The summed E-state index contributed by atoms with van der Waals surface area (Å²) in [6.45, 7) is 1.98. The van der Waals surface area contributed by atoms with Gasteiger partial charge in [-0.3, -0.25) is 4.99 Å². The second-order valence-electron chi connectivity index (χ2n) is 1.76. The van der Waals surface area contributed by atoms with Crippen molar-refractivity contribution in [2.45, 2.75) is 19.8 Å². The minimum absolute atomic E-state index is 0.438. The molecular formula is C6H9NO. The molecule has 0 spiro atoms.